The van der Waals surface area contributed by atoms with Crippen LogP contribution >= 0.6 is 0 Å². The molecule has 2 aliphatic rings. The lowest BCUT2D eigenvalue weighted by atomic mass is 9.91. The molecule has 3 rings (SSSR count). The van der Waals surface area contributed by atoms with Gasteiger partial charge in [-0.2, -0.15) is 0 Å². The van der Waals surface area contributed by atoms with Crippen LogP contribution in [0, 0.1) is 0 Å². The van der Waals surface area contributed by atoms with Gasteiger partial charge in [-0.15, -0.1) is 0 Å². The molecule has 15 heavy (non-hydrogen) atoms. The third kappa shape index (κ3) is 1.25. The number of anilines is 1. The van der Waals surface area contributed by atoms with Gasteiger partial charge in [0.1, 0.15) is 5.76 Å². The van der Waals surface area contributed by atoms with Gasteiger partial charge >= 0.3 is 0 Å². The SMILES string of the molecule is COC1=CC2c3ccccc3NC2C=C1. The van der Waals surface area contributed by atoms with E-state index in [2.05, 4.69) is 41.7 Å². The minimum Gasteiger partial charge on any atom is -0.497 e. The molecule has 1 heterocycles. The van der Waals surface area contributed by atoms with Crippen molar-refractivity contribution in [1.29, 1.82) is 0 Å². The Balaban J connectivity index is 2.04. The Hall–Kier alpha value is -1.70. The first kappa shape index (κ1) is 8.60. The first-order valence-electron chi connectivity index (χ1n) is 5.18. The average Bonchev–Trinajstić information content (AvgIpc) is 2.66. The van der Waals surface area contributed by atoms with Crippen LogP contribution in [-0.4, -0.2) is 13.2 Å². The second-order valence-corrected chi connectivity index (χ2v) is 3.92. The molecule has 0 aromatic heterocycles. The second kappa shape index (κ2) is 3.16. The predicted molar refractivity (Wildman–Crippen MR) is 60.8 cm³/mol. The largest absolute Gasteiger partial charge is 0.497 e. The highest BCUT2D eigenvalue weighted by atomic mass is 16.5. The molecule has 0 amide bonds. The molecule has 0 bridgehead atoms. The van der Waals surface area contributed by atoms with E-state index in [4.69, 9.17) is 4.74 Å². The molecule has 1 N–H and O–H groups in total. The van der Waals surface area contributed by atoms with E-state index in [1.54, 1.807) is 7.11 Å². The fourth-order valence-electron chi connectivity index (χ4n) is 2.31. The molecule has 2 nitrogen and oxygen atoms in total. The third-order valence-electron chi connectivity index (χ3n) is 3.08. The van der Waals surface area contributed by atoms with Crippen molar-refractivity contribution in [2.75, 3.05) is 12.4 Å². The topological polar surface area (TPSA) is 21.3 Å². The summed E-state index contributed by atoms with van der Waals surface area (Å²) in [6, 6.07) is 8.84. The van der Waals surface area contributed by atoms with Gasteiger partial charge in [0.25, 0.3) is 0 Å². The van der Waals surface area contributed by atoms with Gasteiger partial charge in [0.15, 0.2) is 0 Å². The molecular weight excluding hydrogens is 186 g/mol. The highest BCUT2D eigenvalue weighted by Gasteiger charge is 2.30. The maximum Gasteiger partial charge on any atom is 0.115 e. The van der Waals surface area contributed by atoms with Crippen LogP contribution in [-0.2, 0) is 4.74 Å². The van der Waals surface area contributed by atoms with Crippen LogP contribution in [0.4, 0.5) is 5.69 Å². The minimum absolute atomic E-state index is 0.390. The third-order valence-corrected chi connectivity index (χ3v) is 3.08. The fourth-order valence-corrected chi connectivity index (χ4v) is 2.31. The molecule has 76 valence electrons. The summed E-state index contributed by atoms with van der Waals surface area (Å²) < 4.78 is 5.26. The Morgan fingerprint density at radius 3 is 3.00 bits per heavy atom. The van der Waals surface area contributed by atoms with Crippen molar-refractivity contribution in [2.24, 2.45) is 0 Å². The molecule has 2 atom stereocenters. The molecule has 0 radical (unpaired) electrons. The predicted octanol–water partition coefficient (Wildman–Crippen LogP) is 2.66. The smallest absolute Gasteiger partial charge is 0.115 e. The lowest BCUT2D eigenvalue weighted by Crippen LogP contribution is -2.19. The summed E-state index contributed by atoms with van der Waals surface area (Å²) in [6.07, 6.45) is 6.38. The van der Waals surface area contributed by atoms with E-state index < -0.39 is 0 Å². The van der Waals surface area contributed by atoms with Crippen molar-refractivity contribution >= 4 is 5.69 Å². The van der Waals surface area contributed by atoms with Crippen LogP contribution in [0.25, 0.3) is 0 Å². The van der Waals surface area contributed by atoms with Crippen LogP contribution in [0.1, 0.15) is 11.5 Å². The Labute approximate surface area is 89.3 Å². The van der Waals surface area contributed by atoms with Gasteiger partial charge in [-0.05, 0) is 23.8 Å². The van der Waals surface area contributed by atoms with Crippen molar-refractivity contribution in [2.45, 2.75) is 12.0 Å². The van der Waals surface area contributed by atoms with Crippen molar-refractivity contribution in [1.82, 2.24) is 0 Å². The summed E-state index contributed by atoms with van der Waals surface area (Å²) in [4.78, 5) is 0. The average molecular weight is 199 g/mol. The lowest BCUT2D eigenvalue weighted by molar-refractivity contribution is 0.302. The molecule has 1 aliphatic heterocycles. The van der Waals surface area contributed by atoms with Crippen LogP contribution in [0.5, 0.6) is 0 Å². The van der Waals surface area contributed by atoms with Crippen LogP contribution < -0.4 is 5.32 Å². The molecule has 1 aliphatic carbocycles. The standard InChI is InChI=1S/C13H13NO/c1-15-9-6-7-13-11(8-9)10-4-2-3-5-12(10)14-13/h2-8,11,13-14H,1H3. The van der Waals surface area contributed by atoms with Gasteiger partial charge in [0, 0.05) is 11.6 Å². The van der Waals surface area contributed by atoms with Crippen LogP contribution in [0.3, 0.4) is 0 Å². The number of nitrogens with one attached hydrogen (secondary N) is 1. The van der Waals surface area contributed by atoms with E-state index >= 15 is 0 Å². The Bertz CT molecular complexity index is 448. The molecule has 2 unspecified atom stereocenters. The van der Waals surface area contributed by atoms with Crippen LogP contribution in [0.2, 0.25) is 0 Å². The number of fused-ring (bicyclic) bond motifs is 3. The monoisotopic (exact) mass is 199 g/mol. The maximum atomic E-state index is 5.26. The van der Waals surface area contributed by atoms with E-state index in [1.165, 1.54) is 11.3 Å². The first-order chi connectivity index (χ1) is 7.38. The van der Waals surface area contributed by atoms with Crippen molar-refractivity contribution < 1.29 is 4.74 Å². The van der Waals surface area contributed by atoms with E-state index in [0.717, 1.165) is 5.76 Å². The number of allylic oxidation sites excluding steroid dienone is 1. The van der Waals surface area contributed by atoms with Crippen molar-refractivity contribution in [3.8, 4) is 0 Å². The molecule has 0 fully saturated rings. The normalized spacial score (nSPS) is 26.3. The summed E-state index contributed by atoms with van der Waals surface area (Å²) in [6.45, 7) is 0. The quantitative estimate of drug-likeness (QED) is 0.750. The van der Waals surface area contributed by atoms with E-state index in [0.29, 0.717) is 12.0 Å². The van der Waals surface area contributed by atoms with Gasteiger partial charge in [0.2, 0.25) is 0 Å². The summed E-state index contributed by atoms with van der Waals surface area (Å²) in [5, 5.41) is 3.49. The molecule has 0 spiro atoms. The van der Waals surface area contributed by atoms with Crippen molar-refractivity contribution in [3.05, 3.63) is 53.8 Å². The molecule has 1 aromatic rings. The lowest BCUT2D eigenvalue weighted by Gasteiger charge is -2.18. The van der Waals surface area contributed by atoms with Gasteiger partial charge in [-0.1, -0.05) is 24.3 Å². The number of rotatable bonds is 1. The van der Waals surface area contributed by atoms with E-state index in [-0.39, 0.29) is 0 Å². The highest BCUT2D eigenvalue weighted by Crippen LogP contribution is 2.39. The number of hydrogen-bond acceptors (Lipinski definition) is 2. The first-order valence-corrected chi connectivity index (χ1v) is 5.18. The zero-order chi connectivity index (χ0) is 10.3. The summed E-state index contributed by atoms with van der Waals surface area (Å²) in [7, 11) is 1.71. The van der Waals surface area contributed by atoms with Gasteiger partial charge in [0.05, 0.1) is 13.2 Å². The number of para-hydroxylation sites is 1. The van der Waals surface area contributed by atoms with Gasteiger partial charge < -0.3 is 10.1 Å². The summed E-state index contributed by atoms with van der Waals surface area (Å²) in [5.74, 6) is 1.37. The van der Waals surface area contributed by atoms with Gasteiger partial charge in [-0.3, -0.25) is 0 Å². The molecule has 0 saturated carbocycles. The van der Waals surface area contributed by atoms with Crippen LogP contribution in [0.15, 0.2) is 48.3 Å². The van der Waals surface area contributed by atoms with Crippen molar-refractivity contribution in [3.63, 3.8) is 0 Å². The Kier molecular flexibility index (Phi) is 1.81. The molecule has 1 aromatic carbocycles. The Morgan fingerprint density at radius 1 is 1.27 bits per heavy atom. The number of ether oxygens (including phenoxy) is 1. The van der Waals surface area contributed by atoms with Gasteiger partial charge in [-0.25, -0.2) is 0 Å². The number of hydrogen-bond donors (Lipinski definition) is 1. The molecule has 2 heteroatoms. The minimum atomic E-state index is 0.390. The van der Waals surface area contributed by atoms with E-state index in [1.807, 2.05) is 6.08 Å². The number of methoxy groups -OCH3 is 1. The highest BCUT2D eigenvalue weighted by molar-refractivity contribution is 5.63. The second-order valence-electron chi connectivity index (χ2n) is 3.92. The zero-order valence-corrected chi connectivity index (χ0v) is 8.60. The Morgan fingerprint density at radius 2 is 2.13 bits per heavy atom. The maximum absolute atomic E-state index is 5.26. The fraction of sp³-hybridized carbons (Fsp3) is 0.231. The summed E-state index contributed by atoms with van der Waals surface area (Å²) >= 11 is 0. The zero-order valence-electron chi connectivity index (χ0n) is 8.60. The molecule has 0 saturated heterocycles. The van der Waals surface area contributed by atoms with E-state index in [9.17, 15) is 0 Å². The molecular formula is C13H13NO. The number of benzene rings is 1. The summed E-state index contributed by atoms with van der Waals surface area (Å²) in [5.41, 5.74) is 2.60.